The second kappa shape index (κ2) is 5.20. The summed E-state index contributed by atoms with van der Waals surface area (Å²) in [5.74, 6) is 0. The van der Waals surface area contributed by atoms with Crippen LogP contribution in [0.2, 0.25) is 10.0 Å². The molecule has 2 heterocycles. The number of rotatable bonds is 2. The van der Waals surface area contributed by atoms with Gasteiger partial charge in [-0.15, -0.1) is 11.3 Å². The van der Waals surface area contributed by atoms with Crippen molar-refractivity contribution >= 4 is 44.8 Å². The maximum absolute atomic E-state index is 12.4. The Bertz CT molecular complexity index is 854. The summed E-state index contributed by atoms with van der Waals surface area (Å²) in [6, 6.07) is 5.34. The van der Waals surface area contributed by atoms with E-state index >= 15 is 0 Å². The molecule has 0 saturated heterocycles. The van der Waals surface area contributed by atoms with Crippen LogP contribution in [0, 0.1) is 6.92 Å². The Balaban J connectivity index is 2.04. The SMILES string of the molecule is Cc1csc2c(=O)n(Cc3ccc(Cl)c(Cl)c3)cnc12. The topological polar surface area (TPSA) is 34.9 Å². The second-order valence-corrected chi connectivity index (χ2v) is 6.22. The van der Waals surface area contributed by atoms with Gasteiger partial charge in [-0.1, -0.05) is 29.3 Å². The van der Waals surface area contributed by atoms with Crippen molar-refractivity contribution in [3.05, 3.63) is 61.4 Å². The van der Waals surface area contributed by atoms with E-state index in [-0.39, 0.29) is 5.56 Å². The van der Waals surface area contributed by atoms with Crippen LogP contribution in [0.25, 0.3) is 10.2 Å². The molecule has 0 spiro atoms. The average molecular weight is 325 g/mol. The van der Waals surface area contributed by atoms with Crippen molar-refractivity contribution < 1.29 is 0 Å². The third-order valence-electron chi connectivity index (χ3n) is 3.06. The Morgan fingerprint density at radius 2 is 2.10 bits per heavy atom. The molecule has 0 radical (unpaired) electrons. The van der Waals surface area contributed by atoms with Crippen LogP contribution in [-0.4, -0.2) is 9.55 Å². The first-order chi connectivity index (χ1) is 9.56. The number of halogens is 2. The zero-order valence-corrected chi connectivity index (χ0v) is 12.9. The summed E-state index contributed by atoms with van der Waals surface area (Å²) in [6.45, 7) is 2.38. The van der Waals surface area contributed by atoms with Crippen LogP contribution in [0.4, 0.5) is 0 Å². The molecule has 3 rings (SSSR count). The second-order valence-electron chi connectivity index (χ2n) is 4.52. The van der Waals surface area contributed by atoms with Gasteiger partial charge in [0.15, 0.2) is 0 Å². The van der Waals surface area contributed by atoms with Crippen molar-refractivity contribution in [2.24, 2.45) is 0 Å². The molecule has 20 heavy (non-hydrogen) atoms. The Labute approximate surface area is 129 Å². The molecule has 0 saturated carbocycles. The number of nitrogens with zero attached hydrogens (tertiary/aromatic N) is 2. The maximum Gasteiger partial charge on any atom is 0.271 e. The lowest BCUT2D eigenvalue weighted by Crippen LogP contribution is -2.20. The van der Waals surface area contributed by atoms with Gasteiger partial charge in [0.2, 0.25) is 0 Å². The van der Waals surface area contributed by atoms with Gasteiger partial charge in [-0.2, -0.15) is 0 Å². The first-order valence-corrected chi connectivity index (χ1v) is 7.57. The van der Waals surface area contributed by atoms with Gasteiger partial charge in [0.25, 0.3) is 5.56 Å². The maximum atomic E-state index is 12.4. The zero-order valence-electron chi connectivity index (χ0n) is 10.6. The lowest BCUT2D eigenvalue weighted by Gasteiger charge is -2.06. The molecule has 6 heteroatoms. The number of hydrogen-bond acceptors (Lipinski definition) is 3. The highest BCUT2D eigenvalue weighted by Crippen LogP contribution is 2.23. The smallest absolute Gasteiger partial charge is 0.271 e. The normalized spacial score (nSPS) is 11.2. The summed E-state index contributed by atoms with van der Waals surface area (Å²) in [5, 5.41) is 2.94. The summed E-state index contributed by atoms with van der Waals surface area (Å²) in [7, 11) is 0. The van der Waals surface area contributed by atoms with Crippen molar-refractivity contribution in [1.29, 1.82) is 0 Å². The average Bonchev–Trinajstić information content (AvgIpc) is 2.80. The van der Waals surface area contributed by atoms with E-state index < -0.39 is 0 Å². The van der Waals surface area contributed by atoms with Crippen molar-refractivity contribution in [1.82, 2.24) is 9.55 Å². The molecule has 0 unspecified atom stereocenters. The van der Waals surface area contributed by atoms with Crippen LogP contribution in [0.3, 0.4) is 0 Å². The van der Waals surface area contributed by atoms with E-state index in [0.29, 0.717) is 21.3 Å². The minimum Gasteiger partial charge on any atom is -0.294 e. The largest absolute Gasteiger partial charge is 0.294 e. The van der Waals surface area contributed by atoms with Gasteiger partial charge in [0.05, 0.1) is 28.4 Å². The molecule has 102 valence electrons. The predicted octanol–water partition coefficient (Wildman–Crippen LogP) is 4.12. The monoisotopic (exact) mass is 324 g/mol. The molecular weight excluding hydrogens is 315 g/mol. The number of aryl methyl sites for hydroxylation is 1. The Morgan fingerprint density at radius 1 is 1.30 bits per heavy atom. The van der Waals surface area contributed by atoms with Crippen LogP contribution in [0.15, 0.2) is 34.7 Å². The number of hydrogen-bond donors (Lipinski definition) is 0. The fourth-order valence-electron chi connectivity index (χ4n) is 2.01. The molecule has 0 N–H and O–H groups in total. The van der Waals surface area contributed by atoms with E-state index in [2.05, 4.69) is 4.98 Å². The highest BCUT2D eigenvalue weighted by Gasteiger charge is 2.09. The number of thiophene rings is 1. The summed E-state index contributed by atoms with van der Waals surface area (Å²) in [4.78, 5) is 16.7. The highest BCUT2D eigenvalue weighted by molar-refractivity contribution is 7.17. The molecule has 0 bridgehead atoms. The van der Waals surface area contributed by atoms with Crippen LogP contribution < -0.4 is 5.56 Å². The minimum atomic E-state index is -0.0285. The van der Waals surface area contributed by atoms with E-state index in [9.17, 15) is 4.79 Å². The van der Waals surface area contributed by atoms with Gasteiger partial charge < -0.3 is 0 Å². The van der Waals surface area contributed by atoms with E-state index in [1.54, 1.807) is 23.0 Å². The Kier molecular flexibility index (Phi) is 3.54. The van der Waals surface area contributed by atoms with Gasteiger partial charge in [0, 0.05) is 0 Å². The third-order valence-corrected chi connectivity index (χ3v) is 4.87. The molecule has 1 aromatic carbocycles. The molecule has 0 aliphatic carbocycles. The third kappa shape index (κ3) is 2.35. The molecule has 0 aliphatic rings. The summed E-state index contributed by atoms with van der Waals surface area (Å²) < 4.78 is 2.27. The molecule has 3 nitrogen and oxygen atoms in total. The molecule has 0 atom stereocenters. The van der Waals surface area contributed by atoms with Crippen LogP contribution >= 0.6 is 34.5 Å². The van der Waals surface area contributed by atoms with Crippen LogP contribution in [-0.2, 0) is 6.54 Å². The van der Waals surface area contributed by atoms with Crippen molar-refractivity contribution in [3.63, 3.8) is 0 Å². The molecule has 0 fully saturated rings. The summed E-state index contributed by atoms with van der Waals surface area (Å²) in [5.41, 5.74) is 2.70. The number of fused-ring (bicyclic) bond motifs is 1. The first-order valence-electron chi connectivity index (χ1n) is 5.93. The lowest BCUT2D eigenvalue weighted by molar-refractivity contribution is 0.749. The zero-order chi connectivity index (χ0) is 14.3. The Morgan fingerprint density at radius 3 is 2.85 bits per heavy atom. The van der Waals surface area contributed by atoms with Crippen molar-refractivity contribution in [2.75, 3.05) is 0 Å². The van der Waals surface area contributed by atoms with Gasteiger partial charge >= 0.3 is 0 Å². The van der Waals surface area contributed by atoms with Gasteiger partial charge in [-0.25, -0.2) is 4.98 Å². The summed E-state index contributed by atoms with van der Waals surface area (Å²) >= 11 is 13.3. The fourth-order valence-corrected chi connectivity index (χ4v) is 3.28. The molecule has 0 amide bonds. The summed E-state index contributed by atoms with van der Waals surface area (Å²) in [6.07, 6.45) is 1.58. The highest BCUT2D eigenvalue weighted by atomic mass is 35.5. The van der Waals surface area contributed by atoms with Crippen LogP contribution in [0.1, 0.15) is 11.1 Å². The lowest BCUT2D eigenvalue weighted by atomic mass is 10.2. The predicted molar refractivity (Wildman–Crippen MR) is 84.2 cm³/mol. The van der Waals surface area contributed by atoms with Crippen molar-refractivity contribution in [3.8, 4) is 0 Å². The van der Waals surface area contributed by atoms with Gasteiger partial charge in [-0.3, -0.25) is 9.36 Å². The standard InChI is InChI=1S/C14H10Cl2N2OS/c1-8-6-20-13-12(8)17-7-18(14(13)19)5-9-2-3-10(15)11(16)4-9/h2-4,6-7H,5H2,1H3. The quantitative estimate of drug-likeness (QED) is 0.710. The number of aromatic nitrogens is 2. The van der Waals surface area contributed by atoms with E-state index in [0.717, 1.165) is 16.6 Å². The van der Waals surface area contributed by atoms with E-state index in [1.807, 2.05) is 18.4 Å². The fraction of sp³-hybridized carbons (Fsp3) is 0.143. The molecule has 0 aliphatic heterocycles. The van der Waals surface area contributed by atoms with E-state index in [4.69, 9.17) is 23.2 Å². The molecule has 2 aromatic heterocycles. The van der Waals surface area contributed by atoms with E-state index in [1.165, 1.54) is 11.3 Å². The molecular formula is C14H10Cl2N2OS. The van der Waals surface area contributed by atoms with Gasteiger partial charge in [-0.05, 0) is 35.6 Å². The minimum absolute atomic E-state index is 0.0285. The van der Waals surface area contributed by atoms with Crippen molar-refractivity contribution in [2.45, 2.75) is 13.5 Å². The number of benzene rings is 1. The van der Waals surface area contributed by atoms with Crippen LogP contribution in [0.5, 0.6) is 0 Å². The Hall–Kier alpha value is -1.36. The molecule has 3 aromatic rings. The van der Waals surface area contributed by atoms with Gasteiger partial charge in [0.1, 0.15) is 4.70 Å². The first kappa shape index (κ1) is 13.6.